The molecular formula is C16H23N3. The third-order valence-electron chi connectivity index (χ3n) is 3.15. The Morgan fingerprint density at radius 3 is 2.63 bits per heavy atom. The Morgan fingerprint density at radius 2 is 1.89 bits per heavy atom. The van der Waals surface area contributed by atoms with E-state index in [1.165, 1.54) is 5.39 Å². The van der Waals surface area contributed by atoms with Crippen molar-refractivity contribution in [2.75, 3.05) is 32.5 Å². The molecule has 1 N–H and O–H groups in total. The van der Waals surface area contributed by atoms with E-state index >= 15 is 0 Å². The lowest BCUT2D eigenvalue weighted by Gasteiger charge is -2.29. The Balaban J connectivity index is 2.14. The number of nitrogens with one attached hydrogen (secondary N) is 1. The van der Waals surface area contributed by atoms with Crippen LogP contribution >= 0.6 is 0 Å². The van der Waals surface area contributed by atoms with Crippen molar-refractivity contribution in [1.82, 2.24) is 9.88 Å². The van der Waals surface area contributed by atoms with Gasteiger partial charge in [0.2, 0.25) is 0 Å². The molecule has 1 aromatic heterocycles. The topological polar surface area (TPSA) is 28.2 Å². The van der Waals surface area contributed by atoms with Crippen molar-refractivity contribution in [2.24, 2.45) is 5.41 Å². The Labute approximate surface area is 115 Å². The molecule has 0 aliphatic rings. The summed E-state index contributed by atoms with van der Waals surface area (Å²) in [5, 5.41) is 4.75. The van der Waals surface area contributed by atoms with Crippen LogP contribution in [0, 0.1) is 5.41 Å². The summed E-state index contributed by atoms with van der Waals surface area (Å²) < 4.78 is 0. The first kappa shape index (κ1) is 13.8. The van der Waals surface area contributed by atoms with Gasteiger partial charge in [0, 0.05) is 30.4 Å². The summed E-state index contributed by atoms with van der Waals surface area (Å²) in [6.07, 6.45) is 1.86. The van der Waals surface area contributed by atoms with E-state index in [1.807, 2.05) is 24.4 Å². The summed E-state index contributed by atoms with van der Waals surface area (Å²) in [6.45, 7) is 6.56. The van der Waals surface area contributed by atoms with Crippen LogP contribution in [0.25, 0.3) is 10.9 Å². The van der Waals surface area contributed by atoms with E-state index in [4.69, 9.17) is 0 Å². The van der Waals surface area contributed by atoms with Gasteiger partial charge in [-0.3, -0.25) is 4.98 Å². The molecule has 0 saturated carbocycles. The number of anilines is 1. The molecule has 1 aromatic carbocycles. The molecule has 0 saturated heterocycles. The van der Waals surface area contributed by atoms with Crippen LogP contribution in [0.5, 0.6) is 0 Å². The van der Waals surface area contributed by atoms with Gasteiger partial charge in [-0.15, -0.1) is 0 Å². The summed E-state index contributed by atoms with van der Waals surface area (Å²) in [5.74, 6) is 0. The molecule has 102 valence electrons. The normalized spacial score (nSPS) is 12.1. The van der Waals surface area contributed by atoms with Gasteiger partial charge in [-0.1, -0.05) is 32.0 Å². The molecule has 2 rings (SSSR count). The Morgan fingerprint density at radius 1 is 1.16 bits per heavy atom. The Kier molecular flexibility index (Phi) is 4.05. The van der Waals surface area contributed by atoms with Crippen molar-refractivity contribution in [3.63, 3.8) is 0 Å². The van der Waals surface area contributed by atoms with Crippen LogP contribution < -0.4 is 5.32 Å². The van der Waals surface area contributed by atoms with Gasteiger partial charge in [0.05, 0.1) is 5.52 Å². The zero-order valence-electron chi connectivity index (χ0n) is 12.3. The van der Waals surface area contributed by atoms with Gasteiger partial charge in [0.25, 0.3) is 0 Å². The second-order valence-corrected chi connectivity index (χ2v) is 6.13. The maximum Gasteiger partial charge on any atom is 0.0722 e. The van der Waals surface area contributed by atoms with E-state index in [2.05, 4.69) is 55.3 Å². The smallest absolute Gasteiger partial charge is 0.0722 e. The van der Waals surface area contributed by atoms with Crippen LogP contribution in [0.3, 0.4) is 0 Å². The minimum Gasteiger partial charge on any atom is -0.384 e. The molecule has 0 fully saturated rings. The molecule has 0 spiro atoms. The van der Waals surface area contributed by atoms with Crippen molar-refractivity contribution >= 4 is 16.6 Å². The van der Waals surface area contributed by atoms with Gasteiger partial charge in [-0.25, -0.2) is 0 Å². The fraction of sp³-hybridized carbons (Fsp3) is 0.438. The molecule has 19 heavy (non-hydrogen) atoms. The average Bonchev–Trinajstić information content (AvgIpc) is 2.35. The summed E-state index contributed by atoms with van der Waals surface area (Å²) in [4.78, 5) is 6.61. The molecule has 0 amide bonds. The standard InChI is InChI=1S/C16H23N3/c1-16(2,12-19(3)4)11-18-15-9-10-17-14-8-6-5-7-13(14)15/h5-10H,11-12H2,1-4H3,(H,17,18). The van der Waals surface area contributed by atoms with E-state index in [9.17, 15) is 0 Å². The van der Waals surface area contributed by atoms with Crippen LogP contribution in [-0.4, -0.2) is 37.1 Å². The summed E-state index contributed by atoms with van der Waals surface area (Å²) >= 11 is 0. The molecule has 0 bridgehead atoms. The third-order valence-corrected chi connectivity index (χ3v) is 3.15. The zero-order valence-corrected chi connectivity index (χ0v) is 12.3. The first-order valence-electron chi connectivity index (χ1n) is 6.70. The summed E-state index contributed by atoms with van der Waals surface area (Å²) in [7, 11) is 4.23. The van der Waals surface area contributed by atoms with E-state index in [-0.39, 0.29) is 5.41 Å². The number of para-hydroxylation sites is 1. The van der Waals surface area contributed by atoms with Gasteiger partial charge < -0.3 is 10.2 Å². The molecule has 3 heteroatoms. The van der Waals surface area contributed by atoms with Crippen LogP contribution in [-0.2, 0) is 0 Å². The Hall–Kier alpha value is -1.61. The molecule has 0 atom stereocenters. The van der Waals surface area contributed by atoms with Crippen molar-refractivity contribution in [2.45, 2.75) is 13.8 Å². The average molecular weight is 257 g/mol. The Bertz CT molecular complexity index is 541. The van der Waals surface area contributed by atoms with E-state index in [0.29, 0.717) is 0 Å². The molecule has 0 unspecified atom stereocenters. The van der Waals surface area contributed by atoms with Crippen molar-refractivity contribution in [1.29, 1.82) is 0 Å². The first-order chi connectivity index (χ1) is 8.98. The van der Waals surface area contributed by atoms with E-state index in [0.717, 1.165) is 24.3 Å². The quantitative estimate of drug-likeness (QED) is 0.891. The number of fused-ring (bicyclic) bond motifs is 1. The second-order valence-electron chi connectivity index (χ2n) is 6.13. The van der Waals surface area contributed by atoms with Gasteiger partial charge in [-0.2, -0.15) is 0 Å². The van der Waals surface area contributed by atoms with Crippen molar-refractivity contribution in [3.05, 3.63) is 36.5 Å². The molecule has 1 heterocycles. The van der Waals surface area contributed by atoms with Gasteiger partial charge in [0.15, 0.2) is 0 Å². The lowest BCUT2D eigenvalue weighted by Crippen LogP contribution is -2.34. The number of pyridine rings is 1. The number of aromatic nitrogens is 1. The van der Waals surface area contributed by atoms with E-state index in [1.54, 1.807) is 0 Å². The van der Waals surface area contributed by atoms with Gasteiger partial charge >= 0.3 is 0 Å². The maximum atomic E-state index is 4.39. The number of benzene rings is 1. The van der Waals surface area contributed by atoms with E-state index < -0.39 is 0 Å². The molecular weight excluding hydrogens is 234 g/mol. The predicted octanol–water partition coefficient (Wildman–Crippen LogP) is 3.23. The number of nitrogens with zero attached hydrogens (tertiary/aromatic N) is 2. The van der Waals surface area contributed by atoms with Crippen molar-refractivity contribution < 1.29 is 0 Å². The first-order valence-corrected chi connectivity index (χ1v) is 6.70. The highest BCUT2D eigenvalue weighted by atomic mass is 15.1. The fourth-order valence-corrected chi connectivity index (χ4v) is 2.50. The number of hydrogen-bond acceptors (Lipinski definition) is 3. The number of rotatable bonds is 5. The highest BCUT2D eigenvalue weighted by molar-refractivity contribution is 5.90. The summed E-state index contributed by atoms with van der Waals surface area (Å²) in [6, 6.07) is 10.3. The zero-order chi connectivity index (χ0) is 13.9. The molecule has 0 radical (unpaired) electrons. The molecule has 3 nitrogen and oxygen atoms in total. The number of hydrogen-bond donors (Lipinski definition) is 1. The largest absolute Gasteiger partial charge is 0.384 e. The van der Waals surface area contributed by atoms with Gasteiger partial charge in [0.1, 0.15) is 0 Å². The fourth-order valence-electron chi connectivity index (χ4n) is 2.50. The molecule has 2 aromatic rings. The molecule has 0 aliphatic carbocycles. The predicted molar refractivity (Wildman–Crippen MR) is 82.6 cm³/mol. The van der Waals surface area contributed by atoms with Gasteiger partial charge in [-0.05, 0) is 31.6 Å². The minimum atomic E-state index is 0.230. The van der Waals surface area contributed by atoms with Crippen LogP contribution in [0.1, 0.15) is 13.8 Å². The SMILES string of the molecule is CN(C)CC(C)(C)CNc1ccnc2ccccc12. The highest BCUT2D eigenvalue weighted by Crippen LogP contribution is 2.23. The lowest BCUT2D eigenvalue weighted by molar-refractivity contribution is 0.254. The molecule has 0 aliphatic heterocycles. The monoisotopic (exact) mass is 257 g/mol. The maximum absolute atomic E-state index is 4.39. The minimum absolute atomic E-state index is 0.230. The van der Waals surface area contributed by atoms with Crippen molar-refractivity contribution in [3.8, 4) is 0 Å². The third kappa shape index (κ3) is 3.67. The highest BCUT2D eigenvalue weighted by Gasteiger charge is 2.18. The van der Waals surface area contributed by atoms with Crippen LogP contribution in [0.15, 0.2) is 36.5 Å². The lowest BCUT2D eigenvalue weighted by atomic mass is 9.93. The van der Waals surface area contributed by atoms with Crippen LogP contribution in [0.2, 0.25) is 0 Å². The second kappa shape index (κ2) is 5.57. The van der Waals surface area contributed by atoms with Crippen LogP contribution in [0.4, 0.5) is 5.69 Å². The summed E-state index contributed by atoms with van der Waals surface area (Å²) in [5.41, 5.74) is 2.43.